The number of nitrogens with zero attached hydrogens (tertiary/aromatic N) is 2. The summed E-state index contributed by atoms with van der Waals surface area (Å²) in [5.74, 6) is 0.825. The zero-order valence-electron chi connectivity index (χ0n) is 20.2. The van der Waals surface area contributed by atoms with Crippen LogP contribution in [0.1, 0.15) is 42.9 Å². The Hall–Kier alpha value is -2.85. The zero-order chi connectivity index (χ0) is 24.8. The molecule has 2 aromatic carbocycles. The number of amides is 2. The molecule has 4 rings (SSSR count). The number of rotatable bonds is 8. The second-order valence-electron chi connectivity index (χ2n) is 8.56. The first-order valence-corrected chi connectivity index (χ1v) is 12.7. The normalized spacial score (nSPS) is 22.1. The summed E-state index contributed by atoms with van der Waals surface area (Å²) < 4.78 is 14.9. The van der Waals surface area contributed by atoms with Crippen LogP contribution in [0.2, 0.25) is 0 Å². The smallest absolute Gasteiger partial charge is 0.319 e. The van der Waals surface area contributed by atoms with Gasteiger partial charge in [-0.1, -0.05) is 55.1 Å². The van der Waals surface area contributed by atoms with Gasteiger partial charge in [-0.25, -0.2) is 9.78 Å². The molecule has 0 bridgehead atoms. The summed E-state index contributed by atoms with van der Waals surface area (Å²) in [6.45, 7) is 4.58. The lowest BCUT2D eigenvalue weighted by Crippen LogP contribution is -2.38. The van der Waals surface area contributed by atoms with E-state index < -0.39 is 6.29 Å². The fourth-order valence-corrected chi connectivity index (χ4v) is 5.11. The predicted octanol–water partition coefficient (Wildman–Crippen LogP) is 4.64. The maximum atomic E-state index is 11.8. The number of ether oxygens (including phenoxy) is 2. The first-order valence-electron chi connectivity index (χ1n) is 11.7. The van der Waals surface area contributed by atoms with Crippen molar-refractivity contribution >= 4 is 23.5 Å². The van der Waals surface area contributed by atoms with Crippen molar-refractivity contribution in [3.8, 4) is 0 Å². The number of aliphatic hydroxyl groups excluding tert-OH is 1. The third kappa shape index (κ3) is 6.24. The van der Waals surface area contributed by atoms with Gasteiger partial charge in [0.25, 0.3) is 0 Å². The fourth-order valence-electron chi connectivity index (χ4n) is 4.02. The highest BCUT2D eigenvalue weighted by molar-refractivity contribution is 7.99. The molecule has 186 valence electrons. The zero-order valence-corrected chi connectivity index (χ0v) is 21.0. The van der Waals surface area contributed by atoms with Gasteiger partial charge < -0.3 is 29.8 Å². The average Bonchev–Trinajstić information content (AvgIpc) is 3.28. The summed E-state index contributed by atoms with van der Waals surface area (Å²) in [5.41, 5.74) is 3.48. The number of benzene rings is 2. The molecule has 1 fully saturated rings. The lowest BCUT2D eigenvalue weighted by molar-refractivity contribution is -0.268. The number of hydrogen-bond donors (Lipinski definition) is 3. The summed E-state index contributed by atoms with van der Waals surface area (Å²) in [4.78, 5) is 16.2. The third-order valence-corrected chi connectivity index (χ3v) is 7.20. The second-order valence-corrected chi connectivity index (χ2v) is 9.55. The Kier molecular flexibility index (Phi) is 8.46. The van der Waals surface area contributed by atoms with Gasteiger partial charge in [-0.3, -0.25) is 0 Å². The van der Waals surface area contributed by atoms with Crippen LogP contribution < -0.4 is 10.6 Å². The van der Waals surface area contributed by atoms with Gasteiger partial charge in [0.1, 0.15) is 0 Å². The number of anilines is 1. The van der Waals surface area contributed by atoms with Gasteiger partial charge in [-0.2, -0.15) is 0 Å². The lowest BCUT2D eigenvalue weighted by atomic mass is 9.91. The highest BCUT2D eigenvalue weighted by Gasteiger charge is 2.38. The summed E-state index contributed by atoms with van der Waals surface area (Å²) >= 11 is 1.66. The Morgan fingerprint density at radius 1 is 1.11 bits per heavy atom. The van der Waals surface area contributed by atoms with Gasteiger partial charge in [0.15, 0.2) is 11.4 Å². The molecule has 4 atom stereocenters. The molecule has 0 unspecified atom stereocenters. The van der Waals surface area contributed by atoms with Crippen molar-refractivity contribution in [2.45, 2.75) is 44.1 Å². The van der Waals surface area contributed by atoms with Crippen molar-refractivity contribution in [3.63, 3.8) is 0 Å². The van der Waals surface area contributed by atoms with Crippen LogP contribution >= 0.6 is 11.8 Å². The van der Waals surface area contributed by atoms with E-state index in [0.29, 0.717) is 12.2 Å². The van der Waals surface area contributed by atoms with Crippen molar-refractivity contribution in [2.75, 3.05) is 17.6 Å². The predicted molar refractivity (Wildman–Crippen MR) is 136 cm³/mol. The maximum absolute atomic E-state index is 11.8. The monoisotopic (exact) mass is 496 g/mol. The van der Waals surface area contributed by atoms with E-state index in [9.17, 15) is 9.90 Å². The fraction of sp³-hybridized carbons (Fsp3) is 0.385. The highest BCUT2D eigenvalue weighted by atomic mass is 32.2. The van der Waals surface area contributed by atoms with Crippen LogP contribution in [-0.4, -0.2) is 39.1 Å². The Labute approximate surface area is 210 Å². The molecule has 3 N–H and O–H groups in total. The van der Waals surface area contributed by atoms with Crippen LogP contribution in [0.25, 0.3) is 0 Å². The van der Waals surface area contributed by atoms with Crippen LogP contribution in [0.5, 0.6) is 0 Å². The van der Waals surface area contributed by atoms with E-state index in [-0.39, 0.29) is 30.8 Å². The van der Waals surface area contributed by atoms with Gasteiger partial charge in [-0.05, 0) is 30.2 Å². The Morgan fingerprint density at radius 3 is 2.46 bits per heavy atom. The Morgan fingerprint density at radius 2 is 1.83 bits per heavy atom. The van der Waals surface area contributed by atoms with Crippen molar-refractivity contribution in [1.82, 2.24) is 14.9 Å². The summed E-state index contributed by atoms with van der Waals surface area (Å²) in [6.07, 6.45) is 2.91. The Bertz CT molecular complexity index is 1100. The number of nitrogens with one attached hydrogen (secondary N) is 2. The molecule has 3 aromatic rings. The molecular formula is C26H32N4O4S. The molecule has 0 aliphatic carbocycles. The largest absolute Gasteiger partial charge is 0.392 e. The average molecular weight is 497 g/mol. The highest BCUT2D eigenvalue weighted by Crippen LogP contribution is 2.43. The van der Waals surface area contributed by atoms with Crippen molar-refractivity contribution in [3.05, 3.63) is 77.6 Å². The first kappa shape index (κ1) is 25.2. The minimum atomic E-state index is -0.556. The molecule has 0 spiro atoms. The van der Waals surface area contributed by atoms with Gasteiger partial charge >= 0.3 is 6.03 Å². The van der Waals surface area contributed by atoms with Crippen LogP contribution in [0.15, 0.2) is 66.1 Å². The molecule has 1 aliphatic rings. The van der Waals surface area contributed by atoms with Gasteiger partial charge in [0.2, 0.25) is 0 Å². The van der Waals surface area contributed by atoms with E-state index in [1.54, 1.807) is 18.0 Å². The molecule has 2 amide bonds. The lowest BCUT2D eigenvalue weighted by Gasteiger charge is -2.41. The summed E-state index contributed by atoms with van der Waals surface area (Å²) in [6, 6.07) is 15.2. The number of aryl methyl sites for hydroxylation is 1. The number of aromatic nitrogens is 2. The van der Waals surface area contributed by atoms with E-state index in [4.69, 9.17) is 9.47 Å². The standard InChI is InChI=1S/C26H32N4O4S/c1-4-27-25(32)29-21-11-9-20(10-12-21)24-33-22(16-35-26-28-13-14-30(26)3)17(2)23(34-24)19-7-5-18(15-31)6-8-19/h5-14,17,22-24,31H,4,15-16H2,1-3H3,(H2,27,29,32)/t17-,22+,23+,24+/m1/s1. The molecular weight excluding hydrogens is 464 g/mol. The van der Waals surface area contributed by atoms with E-state index in [0.717, 1.165) is 27.6 Å². The molecule has 1 saturated heterocycles. The van der Waals surface area contributed by atoms with Crippen LogP contribution in [0, 0.1) is 5.92 Å². The van der Waals surface area contributed by atoms with Gasteiger partial charge in [-0.15, -0.1) is 0 Å². The Balaban J connectivity index is 1.54. The topological polar surface area (TPSA) is 97.6 Å². The second kappa shape index (κ2) is 11.7. The summed E-state index contributed by atoms with van der Waals surface area (Å²) in [7, 11) is 1.98. The summed E-state index contributed by atoms with van der Waals surface area (Å²) in [5, 5.41) is 15.9. The quantitative estimate of drug-likeness (QED) is 0.393. The van der Waals surface area contributed by atoms with Crippen molar-refractivity contribution < 1.29 is 19.4 Å². The molecule has 35 heavy (non-hydrogen) atoms. The maximum Gasteiger partial charge on any atom is 0.319 e. The van der Waals surface area contributed by atoms with E-state index in [1.165, 1.54) is 0 Å². The van der Waals surface area contributed by atoms with Crippen LogP contribution in [0.3, 0.4) is 0 Å². The molecule has 0 saturated carbocycles. The number of thioether (sulfide) groups is 1. The third-order valence-electron chi connectivity index (χ3n) is 6.06. The number of carbonyl (C=O) groups is 1. The van der Waals surface area contributed by atoms with Crippen LogP contribution in [0.4, 0.5) is 10.5 Å². The number of imidazole rings is 1. The van der Waals surface area contributed by atoms with Gasteiger partial charge in [0, 0.05) is 48.9 Å². The molecule has 9 heteroatoms. The molecule has 1 aliphatic heterocycles. The number of aliphatic hydroxyl groups is 1. The first-order chi connectivity index (χ1) is 17.0. The van der Waals surface area contributed by atoms with Crippen molar-refractivity contribution in [2.24, 2.45) is 13.0 Å². The van der Waals surface area contributed by atoms with Crippen LogP contribution in [-0.2, 0) is 23.1 Å². The molecule has 1 aromatic heterocycles. The minimum Gasteiger partial charge on any atom is -0.392 e. The number of carbonyl (C=O) groups excluding carboxylic acids is 1. The van der Waals surface area contributed by atoms with E-state index in [2.05, 4.69) is 22.5 Å². The number of hydrogen-bond acceptors (Lipinski definition) is 6. The SMILES string of the molecule is CCNC(=O)Nc1ccc([C@H]2O[C@@H](CSc3nccn3C)[C@@H](C)[C@@H](c3ccc(CO)cc3)O2)cc1. The molecule has 0 radical (unpaired) electrons. The van der Waals surface area contributed by atoms with Crippen molar-refractivity contribution in [1.29, 1.82) is 0 Å². The van der Waals surface area contributed by atoms with E-state index >= 15 is 0 Å². The van der Waals surface area contributed by atoms with Gasteiger partial charge in [0.05, 0.1) is 18.8 Å². The minimum absolute atomic E-state index is 0.00663. The molecule has 8 nitrogen and oxygen atoms in total. The number of urea groups is 1. The van der Waals surface area contributed by atoms with E-state index in [1.807, 2.05) is 73.3 Å². The molecule has 2 heterocycles.